The number of nitrogens with one attached hydrogen (secondary N) is 1. The van der Waals surface area contributed by atoms with Crippen molar-refractivity contribution >= 4 is 29.3 Å². The number of methoxy groups -OCH3 is 1. The maximum atomic E-state index is 12.3. The number of ether oxygens (including phenoxy) is 1. The lowest BCUT2D eigenvalue weighted by atomic mass is 10.1. The second kappa shape index (κ2) is 8.55. The zero-order valence-electron chi connectivity index (χ0n) is 15.3. The highest BCUT2D eigenvalue weighted by atomic mass is 16.5. The smallest absolute Gasteiger partial charge is 0.321 e. The van der Waals surface area contributed by atoms with Crippen LogP contribution in [0.15, 0.2) is 18.2 Å². The minimum atomic E-state index is -0.958. The van der Waals surface area contributed by atoms with Gasteiger partial charge in [-0.1, -0.05) is 6.92 Å². The van der Waals surface area contributed by atoms with Gasteiger partial charge in [0.25, 0.3) is 0 Å². The van der Waals surface area contributed by atoms with Crippen molar-refractivity contribution in [1.82, 2.24) is 4.90 Å². The number of carboxylic acids is 1. The molecule has 1 aliphatic rings. The number of anilines is 2. The summed E-state index contributed by atoms with van der Waals surface area (Å²) in [5.41, 5.74) is 1.13. The molecule has 0 bridgehead atoms. The van der Waals surface area contributed by atoms with Crippen LogP contribution in [0.4, 0.5) is 16.2 Å². The Morgan fingerprint density at radius 1 is 1.38 bits per heavy atom. The predicted octanol–water partition coefficient (Wildman–Crippen LogP) is 2.40. The molecule has 142 valence electrons. The number of amides is 3. The number of urea groups is 1. The quantitative estimate of drug-likeness (QED) is 0.808. The van der Waals surface area contributed by atoms with Crippen LogP contribution < -0.4 is 15.0 Å². The second-order valence-electron chi connectivity index (χ2n) is 6.44. The number of piperidine rings is 1. The Morgan fingerprint density at radius 3 is 2.73 bits per heavy atom. The largest absolute Gasteiger partial charge is 0.495 e. The molecule has 1 heterocycles. The Balaban J connectivity index is 2.15. The van der Waals surface area contributed by atoms with E-state index in [1.54, 1.807) is 30.0 Å². The predicted molar refractivity (Wildman–Crippen MR) is 97.6 cm³/mol. The lowest BCUT2D eigenvalue weighted by Gasteiger charge is -2.28. The highest BCUT2D eigenvalue weighted by Gasteiger charge is 2.23. The number of benzene rings is 1. The minimum Gasteiger partial charge on any atom is -0.495 e. The molecular formula is C18H25N3O5. The molecule has 1 unspecified atom stereocenters. The molecule has 1 fully saturated rings. The number of nitrogens with zero attached hydrogens (tertiary/aromatic N) is 2. The molecule has 1 saturated heterocycles. The van der Waals surface area contributed by atoms with Crippen molar-refractivity contribution in [2.45, 2.75) is 26.2 Å². The number of carbonyl (C=O) groups is 3. The van der Waals surface area contributed by atoms with Crippen LogP contribution in [0, 0.1) is 5.92 Å². The molecule has 3 amide bonds. The Hall–Kier alpha value is -2.77. The van der Waals surface area contributed by atoms with Crippen molar-refractivity contribution in [3.8, 4) is 5.75 Å². The fraction of sp³-hybridized carbons (Fsp3) is 0.500. The van der Waals surface area contributed by atoms with Gasteiger partial charge in [-0.15, -0.1) is 0 Å². The van der Waals surface area contributed by atoms with Crippen molar-refractivity contribution < 1.29 is 24.2 Å². The van der Waals surface area contributed by atoms with Crippen LogP contribution in [0.25, 0.3) is 0 Å². The molecule has 2 N–H and O–H groups in total. The van der Waals surface area contributed by atoms with Gasteiger partial charge in [0, 0.05) is 32.2 Å². The van der Waals surface area contributed by atoms with E-state index < -0.39 is 17.9 Å². The lowest BCUT2D eigenvalue weighted by molar-refractivity contribution is -0.141. The Morgan fingerprint density at radius 2 is 2.12 bits per heavy atom. The van der Waals surface area contributed by atoms with Gasteiger partial charge in [-0.2, -0.15) is 0 Å². The molecule has 1 atom stereocenters. The Bertz CT molecular complexity index is 691. The van der Waals surface area contributed by atoms with Gasteiger partial charge in [-0.05, 0) is 31.0 Å². The summed E-state index contributed by atoms with van der Waals surface area (Å²) in [5, 5.41) is 11.7. The van der Waals surface area contributed by atoms with Crippen LogP contribution in [0.2, 0.25) is 0 Å². The summed E-state index contributed by atoms with van der Waals surface area (Å²) in [7, 11) is 3.07. The van der Waals surface area contributed by atoms with E-state index >= 15 is 0 Å². The van der Waals surface area contributed by atoms with Gasteiger partial charge in [0.15, 0.2) is 0 Å². The van der Waals surface area contributed by atoms with Crippen LogP contribution in [0.5, 0.6) is 5.75 Å². The van der Waals surface area contributed by atoms with Gasteiger partial charge in [-0.25, -0.2) is 4.79 Å². The van der Waals surface area contributed by atoms with Crippen molar-refractivity contribution in [3.63, 3.8) is 0 Å². The van der Waals surface area contributed by atoms with Crippen molar-refractivity contribution in [2.75, 3.05) is 37.5 Å². The minimum absolute atomic E-state index is 0.0328. The normalized spacial score (nSPS) is 15.3. The number of carbonyl (C=O) groups excluding carboxylic acids is 2. The molecule has 0 aromatic heterocycles. The lowest BCUT2D eigenvalue weighted by Crippen LogP contribution is -2.37. The first-order chi connectivity index (χ1) is 12.3. The molecule has 0 saturated carbocycles. The van der Waals surface area contributed by atoms with E-state index in [4.69, 9.17) is 9.84 Å². The van der Waals surface area contributed by atoms with Gasteiger partial charge in [0.2, 0.25) is 5.91 Å². The highest BCUT2D eigenvalue weighted by molar-refractivity contribution is 5.97. The molecule has 0 spiro atoms. The van der Waals surface area contributed by atoms with Crippen LogP contribution in [-0.4, -0.2) is 55.2 Å². The monoisotopic (exact) mass is 363 g/mol. The van der Waals surface area contributed by atoms with E-state index in [9.17, 15) is 14.4 Å². The fourth-order valence-electron chi connectivity index (χ4n) is 2.83. The van der Waals surface area contributed by atoms with Crippen LogP contribution >= 0.6 is 0 Å². The molecule has 8 nitrogen and oxygen atoms in total. The van der Waals surface area contributed by atoms with Crippen LogP contribution in [-0.2, 0) is 9.59 Å². The number of hydrogen-bond acceptors (Lipinski definition) is 4. The van der Waals surface area contributed by atoms with Gasteiger partial charge in [0.1, 0.15) is 5.75 Å². The first-order valence-corrected chi connectivity index (χ1v) is 8.56. The Kier molecular flexibility index (Phi) is 6.43. The average Bonchev–Trinajstić information content (AvgIpc) is 2.61. The van der Waals surface area contributed by atoms with E-state index in [1.807, 2.05) is 0 Å². The van der Waals surface area contributed by atoms with E-state index in [2.05, 4.69) is 5.32 Å². The fourth-order valence-corrected chi connectivity index (χ4v) is 2.83. The van der Waals surface area contributed by atoms with E-state index in [1.165, 1.54) is 19.1 Å². The topological polar surface area (TPSA) is 99.2 Å². The standard InChI is InChI=1S/C18H25N3O5/c1-12(17(23)24)11-20(2)18(25)19-13-7-8-15(26-3)14(10-13)21-9-5-4-6-16(21)22/h7-8,10,12H,4-6,9,11H2,1-3H3,(H,19,25)(H,23,24). The van der Waals surface area contributed by atoms with Crippen molar-refractivity contribution in [2.24, 2.45) is 5.92 Å². The number of carboxylic acid groups (broad SMARTS) is 1. The molecule has 26 heavy (non-hydrogen) atoms. The van der Waals surface area contributed by atoms with E-state index in [-0.39, 0.29) is 12.5 Å². The number of rotatable bonds is 6. The SMILES string of the molecule is COc1ccc(NC(=O)N(C)CC(C)C(=O)O)cc1N1CCCCC1=O. The zero-order chi connectivity index (χ0) is 19.3. The highest BCUT2D eigenvalue weighted by Crippen LogP contribution is 2.33. The first kappa shape index (κ1) is 19.6. The average molecular weight is 363 g/mol. The summed E-state index contributed by atoms with van der Waals surface area (Å²) >= 11 is 0. The number of hydrogen-bond donors (Lipinski definition) is 2. The second-order valence-corrected chi connectivity index (χ2v) is 6.44. The van der Waals surface area contributed by atoms with Crippen LogP contribution in [0.3, 0.4) is 0 Å². The van der Waals surface area contributed by atoms with Crippen molar-refractivity contribution in [3.05, 3.63) is 18.2 Å². The van der Waals surface area contributed by atoms with Crippen LogP contribution in [0.1, 0.15) is 26.2 Å². The summed E-state index contributed by atoms with van der Waals surface area (Å²) in [4.78, 5) is 38.4. The summed E-state index contributed by atoms with van der Waals surface area (Å²) in [6.07, 6.45) is 2.29. The molecule has 0 aliphatic carbocycles. The van der Waals surface area contributed by atoms with Gasteiger partial charge < -0.3 is 25.0 Å². The molecule has 2 rings (SSSR count). The molecule has 1 aliphatic heterocycles. The third-order valence-electron chi connectivity index (χ3n) is 4.36. The van der Waals surface area contributed by atoms with Gasteiger partial charge in [0.05, 0.1) is 18.7 Å². The van der Waals surface area contributed by atoms with E-state index in [0.717, 1.165) is 12.8 Å². The maximum absolute atomic E-state index is 12.3. The molecule has 8 heteroatoms. The third-order valence-corrected chi connectivity index (χ3v) is 4.36. The molecule has 1 aromatic rings. The number of aliphatic carboxylic acids is 1. The zero-order valence-corrected chi connectivity index (χ0v) is 15.3. The van der Waals surface area contributed by atoms with E-state index in [0.29, 0.717) is 30.1 Å². The molecule has 1 aromatic carbocycles. The first-order valence-electron chi connectivity index (χ1n) is 8.56. The molecular weight excluding hydrogens is 338 g/mol. The van der Waals surface area contributed by atoms with Gasteiger partial charge >= 0.3 is 12.0 Å². The summed E-state index contributed by atoms with van der Waals surface area (Å²) in [6.45, 7) is 2.25. The summed E-state index contributed by atoms with van der Waals surface area (Å²) in [5.74, 6) is -1.03. The molecule has 0 radical (unpaired) electrons. The maximum Gasteiger partial charge on any atom is 0.321 e. The summed E-state index contributed by atoms with van der Waals surface area (Å²) < 4.78 is 5.35. The van der Waals surface area contributed by atoms with Crippen molar-refractivity contribution in [1.29, 1.82) is 0 Å². The summed E-state index contributed by atoms with van der Waals surface area (Å²) in [6, 6.07) is 4.67. The third kappa shape index (κ3) is 4.65. The Labute approximate surface area is 152 Å². The van der Waals surface area contributed by atoms with Gasteiger partial charge in [-0.3, -0.25) is 9.59 Å².